The molecular formula is C14H15ClN8OS. The lowest BCUT2D eigenvalue weighted by Crippen LogP contribution is -2.06. The Bertz CT molecular complexity index is 850. The van der Waals surface area contributed by atoms with Crippen molar-refractivity contribution in [2.45, 2.75) is 17.5 Å². The summed E-state index contributed by atoms with van der Waals surface area (Å²) >= 11 is 7.26. The van der Waals surface area contributed by atoms with Gasteiger partial charge in [0.2, 0.25) is 11.9 Å². The largest absolute Gasteiger partial charge is 0.486 e. The lowest BCUT2D eigenvalue weighted by atomic mass is 10.3. The zero-order chi connectivity index (χ0) is 17.8. The first kappa shape index (κ1) is 17.2. The number of hydrogen-bond donors (Lipinski definition) is 2. The number of ether oxygens (including phenoxy) is 1. The molecule has 130 valence electrons. The molecule has 0 atom stereocenters. The molecule has 0 spiro atoms. The molecule has 0 bridgehead atoms. The number of nitrogens with zero attached hydrogens (tertiary/aromatic N) is 6. The van der Waals surface area contributed by atoms with Crippen molar-refractivity contribution in [1.29, 1.82) is 0 Å². The molecule has 3 aromatic rings. The standard InChI is InChI=1S/C14H15ClN8OS/c1-23-11(6-24-9-4-2-8(15)3-5-9)21-22-14(23)25-7-10-18-12(16)20-13(17)19-10/h2-5H,6-7H2,1H3,(H4,16,17,18,19,20). The Morgan fingerprint density at radius 1 is 1.08 bits per heavy atom. The van der Waals surface area contributed by atoms with Crippen molar-refractivity contribution in [2.24, 2.45) is 7.05 Å². The van der Waals surface area contributed by atoms with Crippen LogP contribution >= 0.6 is 23.4 Å². The monoisotopic (exact) mass is 378 g/mol. The summed E-state index contributed by atoms with van der Waals surface area (Å²) in [6.45, 7) is 0.289. The topological polar surface area (TPSA) is 131 Å². The van der Waals surface area contributed by atoms with Crippen LogP contribution in [0, 0.1) is 0 Å². The van der Waals surface area contributed by atoms with Crippen LogP contribution in [0.5, 0.6) is 5.75 Å². The Balaban J connectivity index is 1.61. The van der Waals surface area contributed by atoms with Crippen molar-refractivity contribution < 1.29 is 4.74 Å². The third-order valence-corrected chi connectivity index (χ3v) is 4.42. The molecule has 0 aliphatic carbocycles. The molecule has 0 radical (unpaired) electrons. The first-order valence-electron chi connectivity index (χ1n) is 7.16. The highest BCUT2D eigenvalue weighted by Gasteiger charge is 2.11. The van der Waals surface area contributed by atoms with Crippen molar-refractivity contribution in [3.63, 3.8) is 0 Å². The molecule has 11 heteroatoms. The van der Waals surface area contributed by atoms with Gasteiger partial charge in [0.05, 0.1) is 5.75 Å². The van der Waals surface area contributed by atoms with Gasteiger partial charge >= 0.3 is 0 Å². The van der Waals surface area contributed by atoms with Gasteiger partial charge in [-0.25, -0.2) is 0 Å². The predicted molar refractivity (Wildman–Crippen MR) is 95.0 cm³/mol. The molecule has 0 aliphatic rings. The summed E-state index contributed by atoms with van der Waals surface area (Å²) in [5, 5.41) is 9.64. The highest BCUT2D eigenvalue weighted by Crippen LogP contribution is 2.21. The molecule has 0 fully saturated rings. The van der Waals surface area contributed by atoms with E-state index < -0.39 is 0 Å². The molecule has 3 rings (SSSR count). The smallest absolute Gasteiger partial charge is 0.225 e. The Kier molecular flexibility index (Phi) is 5.19. The van der Waals surface area contributed by atoms with E-state index in [0.29, 0.717) is 33.3 Å². The van der Waals surface area contributed by atoms with Crippen LogP contribution in [0.1, 0.15) is 11.6 Å². The van der Waals surface area contributed by atoms with Gasteiger partial charge in [-0.1, -0.05) is 23.4 Å². The molecule has 0 unspecified atom stereocenters. The maximum absolute atomic E-state index is 5.85. The molecule has 0 saturated heterocycles. The molecule has 25 heavy (non-hydrogen) atoms. The van der Waals surface area contributed by atoms with Crippen LogP contribution in [0.25, 0.3) is 0 Å². The summed E-state index contributed by atoms with van der Waals surface area (Å²) in [7, 11) is 1.86. The van der Waals surface area contributed by atoms with E-state index >= 15 is 0 Å². The quantitative estimate of drug-likeness (QED) is 0.615. The minimum absolute atomic E-state index is 0.0955. The normalized spacial score (nSPS) is 10.8. The van der Waals surface area contributed by atoms with Gasteiger partial charge in [0, 0.05) is 12.1 Å². The predicted octanol–water partition coefficient (Wildman–Crippen LogP) is 1.69. The zero-order valence-electron chi connectivity index (χ0n) is 13.3. The Labute approximate surface area is 152 Å². The number of thioether (sulfide) groups is 1. The molecule has 0 aliphatic heterocycles. The summed E-state index contributed by atoms with van der Waals surface area (Å²) < 4.78 is 7.52. The number of hydrogen-bond acceptors (Lipinski definition) is 9. The van der Waals surface area contributed by atoms with E-state index in [1.165, 1.54) is 11.8 Å². The van der Waals surface area contributed by atoms with Gasteiger partial charge in [-0.15, -0.1) is 10.2 Å². The summed E-state index contributed by atoms with van der Waals surface area (Å²) in [6, 6.07) is 7.12. The van der Waals surface area contributed by atoms with E-state index in [9.17, 15) is 0 Å². The van der Waals surface area contributed by atoms with Crippen LogP contribution in [0.4, 0.5) is 11.9 Å². The van der Waals surface area contributed by atoms with Crippen molar-refractivity contribution in [2.75, 3.05) is 11.5 Å². The van der Waals surface area contributed by atoms with E-state index in [1.807, 2.05) is 11.6 Å². The van der Waals surface area contributed by atoms with Gasteiger partial charge in [0.25, 0.3) is 0 Å². The van der Waals surface area contributed by atoms with Crippen LogP contribution in [0.2, 0.25) is 5.02 Å². The van der Waals surface area contributed by atoms with Gasteiger partial charge in [-0.3, -0.25) is 0 Å². The van der Waals surface area contributed by atoms with E-state index in [2.05, 4.69) is 25.1 Å². The zero-order valence-corrected chi connectivity index (χ0v) is 14.8. The fraction of sp³-hybridized carbons (Fsp3) is 0.214. The number of rotatable bonds is 6. The fourth-order valence-corrected chi connectivity index (χ4v) is 2.84. The van der Waals surface area contributed by atoms with E-state index in [-0.39, 0.29) is 18.5 Å². The number of nitrogen functional groups attached to an aromatic ring is 2. The Hall–Kier alpha value is -2.59. The lowest BCUT2D eigenvalue weighted by Gasteiger charge is -2.06. The fourth-order valence-electron chi connectivity index (χ4n) is 1.93. The second kappa shape index (κ2) is 7.53. The summed E-state index contributed by atoms with van der Waals surface area (Å²) in [6.07, 6.45) is 0. The highest BCUT2D eigenvalue weighted by atomic mass is 35.5. The number of anilines is 2. The minimum atomic E-state index is 0.0955. The second-order valence-electron chi connectivity index (χ2n) is 4.96. The third-order valence-electron chi connectivity index (χ3n) is 3.15. The molecule has 0 saturated carbocycles. The van der Waals surface area contributed by atoms with Crippen molar-refractivity contribution in [3.05, 3.63) is 40.9 Å². The number of nitrogens with two attached hydrogens (primary N) is 2. The molecular weight excluding hydrogens is 364 g/mol. The first-order valence-corrected chi connectivity index (χ1v) is 8.53. The van der Waals surface area contributed by atoms with E-state index in [0.717, 1.165) is 0 Å². The van der Waals surface area contributed by atoms with Gasteiger partial charge < -0.3 is 20.8 Å². The van der Waals surface area contributed by atoms with Gasteiger partial charge in [0.15, 0.2) is 11.0 Å². The van der Waals surface area contributed by atoms with Crippen LogP contribution in [0.3, 0.4) is 0 Å². The van der Waals surface area contributed by atoms with Crippen LogP contribution in [0.15, 0.2) is 29.4 Å². The second-order valence-corrected chi connectivity index (χ2v) is 6.34. The lowest BCUT2D eigenvalue weighted by molar-refractivity contribution is 0.290. The Morgan fingerprint density at radius 3 is 2.44 bits per heavy atom. The summed E-state index contributed by atoms with van der Waals surface area (Å²) in [5.41, 5.74) is 11.1. The molecule has 9 nitrogen and oxygen atoms in total. The van der Waals surface area contributed by atoms with Crippen LogP contribution < -0.4 is 16.2 Å². The number of benzene rings is 1. The average Bonchev–Trinajstić information content (AvgIpc) is 2.92. The molecule has 2 aromatic heterocycles. The molecule has 2 heterocycles. The highest BCUT2D eigenvalue weighted by molar-refractivity contribution is 7.98. The minimum Gasteiger partial charge on any atom is -0.486 e. The Morgan fingerprint density at radius 2 is 1.76 bits per heavy atom. The van der Waals surface area contributed by atoms with Crippen molar-refractivity contribution >= 4 is 35.3 Å². The van der Waals surface area contributed by atoms with Gasteiger partial charge in [0.1, 0.15) is 18.2 Å². The van der Waals surface area contributed by atoms with E-state index in [1.54, 1.807) is 24.3 Å². The maximum atomic E-state index is 5.85. The van der Waals surface area contributed by atoms with Gasteiger partial charge in [-0.2, -0.15) is 15.0 Å². The van der Waals surface area contributed by atoms with Crippen molar-refractivity contribution in [1.82, 2.24) is 29.7 Å². The number of halogens is 1. The third kappa shape index (κ3) is 4.48. The molecule has 4 N–H and O–H groups in total. The average molecular weight is 379 g/mol. The SMILES string of the molecule is Cn1c(COc2ccc(Cl)cc2)nnc1SCc1nc(N)nc(N)n1. The van der Waals surface area contributed by atoms with Crippen molar-refractivity contribution in [3.8, 4) is 5.75 Å². The summed E-state index contributed by atoms with van der Waals surface area (Å²) in [5.74, 6) is 2.51. The van der Waals surface area contributed by atoms with E-state index in [4.69, 9.17) is 27.8 Å². The number of aromatic nitrogens is 6. The van der Waals surface area contributed by atoms with Crippen LogP contribution in [-0.2, 0) is 19.4 Å². The van der Waals surface area contributed by atoms with Crippen LogP contribution in [-0.4, -0.2) is 29.7 Å². The molecule has 1 aromatic carbocycles. The summed E-state index contributed by atoms with van der Waals surface area (Å²) in [4.78, 5) is 11.8. The van der Waals surface area contributed by atoms with Gasteiger partial charge in [-0.05, 0) is 24.3 Å². The maximum Gasteiger partial charge on any atom is 0.225 e. The molecule has 0 amide bonds. The first-order chi connectivity index (χ1) is 12.0.